The summed E-state index contributed by atoms with van der Waals surface area (Å²) in [4.78, 5) is 12.1. The van der Waals surface area contributed by atoms with Crippen LogP contribution in [0.3, 0.4) is 0 Å². The van der Waals surface area contributed by atoms with Crippen molar-refractivity contribution in [2.24, 2.45) is 0 Å². The maximum atomic E-state index is 12.1. The number of amides is 1. The number of nitrogens with two attached hydrogens (primary N) is 1. The standard InChI is InChI=1S/C14H12Cl2N2O/c1-8-2-4-10(12(17)6-8)14(19)18-13-7-9(15)3-5-11(13)16/h2-7H,17H2,1H3,(H,18,19). The Labute approximate surface area is 121 Å². The van der Waals surface area contributed by atoms with Gasteiger partial charge in [0.2, 0.25) is 0 Å². The van der Waals surface area contributed by atoms with E-state index in [2.05, 4.69) is 5.32 Å². The highest BCUT2D eigenvalue weighted by Gasteiger charge is 2.11. The third kappa shape index (κ3) is 3.19. The van der Waals surface area contributed by atoms with Crippen LogP contribution in [0, 0.1) is 6.92 Å². The first-order valence-corrected chi connectivity index (χ1v) is 6.35. The van der Waals surface area contributed by atoms with Crippen molar-refractivity contribution in [2.75, 3.05) is 11.1 Å². The van der Waals surface area contributed by atoms with Crippen LogP contribution in [0.1, 0.15) is 15.9 Å². The van der Waals surface area contributed by atoms with Gasteiger partial charge in [0.05, 0.1) is 16.3 Å². The van der Waals surface area contributed by atoms with Crippen LogP contribution in [-0.2, 0) is 0 Å². The second-order valence-corrected chi connectivity index (χ2v) is 5.01. The van der Waals surface area contributed by atoms with Crippen molar-refractivity contribution in [3.63, 3.8) is 0 Å². The van der Waals surface area contributed by atoms with Gasteiger partial charge in [-0.25, -0.2) is 0 Å². The highest BCUT2D eigenvalue weighted by Crippen LogP contribution is 2.26. The van der Waals surface area contributed by atoms with Gasteiger partial charge in [-0.15, -0.1) is 0 Å². The van der Waals surface area contributed by atoms with E-state index in [-0.39, 0.29) is 5.91 Å². The Balaban J connectivity index is 2.28. The largest absolute Gasteiger partial charge is 0.398 e. The smallest absolute Gasteiger partial charge is 0.257 e. The number of aryl methyl sites for hydroxylation is 1. The monoisotopic (exact) mass is 294 g/mol. The van der Waals surface area contributed by atoms with Gasteiger partial charge in [0.15, 0.2) is 0 Å². The Kier molecular flexibility index (Phi) is 3.98. The summed E-state index contributed by atoms with van der Waals surface area (Å²) in [6.07, 6.45) is 0. The van der Waals surface area contributed by atoms with E-state index < -0.39 is 0 Å². The molecule has 3 N–H and O–H groups in total. The zero-order valence-corrected chi connectivity index (χ0v) is 11.7. The van der Waals surface area contributed by atoms with E-state index in [9.17, 15) is 4.79 Å². The van der Waals surface area contributed by atoms with Crippen molar-refractivity contribution in [1.82, 2.24) is 0 Å². The molecular weight excluding hydrogens is 283 g/mol. The number of hydrogen-bond acceptors (Lipinski definition) is 2. The van der Waals surface area contributed by atoms with E-state index in [1.807, 2.05) is 13.0 Å². The van der Waals surface area contributed by atoms with Crippen LogP contribution in [0.5, 0.6) is 0 Å². The van der Waals surface area contributed by atoms with Gasteiger partial charge in [0.1, 0.15) is 0 Å². The third-order valence-corrected chi connectivity index (χ3v) is 3.19. The number of nitrogen functional groups attached to an aromatic ring is 1. The molecule has 5 heteroatoms. The van der Waals surface area contributed by atoms with Crippen molar-refractivity contribution in [1.29, 1.82) is 0 Å². The van der Waals surface area contributed by atoms with Gasteiger partial charge in [0, 0.05) is 10.7 Å². The number of benzene rings is 2. The minimum atomic E-state index is -0.318. The molecule has 19 heavy (non-hydrogen) atoms. The summed E-state index contributed by atoms with van der Waals surface area (Å²) in [7, 11) is 0. The number of halogens is 2. The van der Waals surface area contributed by atoms with E-state index in [4.69, 9.17) is 28.9 Å². The minimum absolute atomic E-state index is 0.318. The van der Waals surface area contributed by atoms with Crippen molar-refractivity contribution in [3.05, 3.63) is 57.6 Å². The number of rotatable bonds is 2. The second-order valence-electron chi connectivity index (χ2n) is 4.17. The molecule has 0 bridgehead atoms. The van der Waals surface area contributed by atoms with Crippen molar-refractivity contribution in [2.45, 2.75) is 6.92 Å². The minimum Gasteiger partial charge on any atom is -0.398 e. The molecule has 0 saturated carbocycles. The van der Waals surface area contributed by atoms with E-state index in [0.29, 0.717) is 27.0 Å². The molecule has 2 rings (SSSR count). The molecule has 1 amide bonds. The first kappa shape index (κ1) is 13.7. The lowest BCUT2D eigenvalue weighted by Gasteiger charge is -2.09. The summed E-state index contributed by atoms with van der Waals surface area (Å²) < 4.78 is 0. The van der Waals surface area contributed by atoms with Crippen LogP contribution in [0.15, 0.2) is 36.4 Å². The molecule has 0 fully saturated rings. The Morgan fingerprint density at radius 3 is 2.58 bits per heavy atom. The molecule has 98 valence electrons. The van der Waals surface area contributed by atoms with Gasteiger partial charge in [0.25, 0.3) is 5.91 Å². The molecule has 0 atom stereocenters. The topological polar surface area (TPSA) is 55.1 Å². The second kappa shape index (κ2) is 5.51. The molecule has 0 saturated heterocycles. The predicted molar refractivity (Wildman–Crippen MR) is 80.0 cm³/mol. The number of hydrogen-bond donors (Lipinski definition) is 2. The third-order valence-electron chi connectivity index (χ3n) is 2.63. The maximum absolute atomic E-state index is 12.1. The summed E-state index contributed by atoms with van der Waals surface area (Å²) in [5.74, 6) is -0.318. The van der Waals surface area contributed by atoms with Crippen LogP contribution < -0.4 is 11.1 Å². The highest BCUT2D eigenvalue weighted by atomic mass is 35.5. The van der Waals surface area contributed by atoms with Gasteiger partial charge < -0.3 is 11.1 Å². The summed E-state index contributed by atoms with van der Waals surface area (Å²) >= 11 is 11.9. The van der Waals surface area contributed by atoms with Gasteiger partial charge in [-0.3, -0.25) is 4.79 Å². The molecular formula is C14H12Cl2N2O. The molecule has 0 radical (unpaired) electrons. The van der Waals surface area contributed by atoms with Crippen LogP contribution in [0.2, 0.25) is 10.0 Å². The summed E-state index contributed by atoms with van der Waals surface area (Å²) in [5.41, 5.74) is 8.11. The van der Waals surface area contributed by atoms with E-state index >= 15 is 0 Å². The zero-order valence-electron chi connectivity index (χ0n) is 10.2. The van der Waals surface area contributed by atoms with E-state index in [1.54, 1.807) is 30.3 Å². The lowest BCUT2D eigenvalue weighted by atomic mass is 10.1. The van der Waals surface area contributed by atoms with Crippen LogP contribution >= 0.6 is 23.2 Å². The van der Waals surface area contributed by atoms with Crippen LogP contribution in [0.4, 0.5) is 11.4 Å². The lowest BCUT2D eigenvalue weighted by Crippen LogP contribution is -2.14. The molecule has 0 unspecified atom stereocenters. The SMILES string of the molecule is Cc1ccc(C(=O)Nc2cc(Cl)ccc2Cl)c(N)c1. The van der Waals surface area contributed by atoms with Crippen molar-refractivity contribution in [3.8, 4) is 0 Å². The molecule has 3 nitrogen and oxygen atoms in total. The fourth-order valence-corrected chi connectivity index (χ4v) is 2.01. The van der Waals surface area contributed by atoms with Gasteiger partial charge in [-0.05, 0) is 42.8 Å². The predicted octanol–water partition coefficient (Wildman–Crippen LogP) is 4.14. The number of carbonyl (C=O) groups is 1. The van der Waals surface area contributed by atoms with Gasteiger partial charge in [-0.1, -0.05) is 29.3 Å². The Morgan fingerprint density at radius 1 is 1.16 bits per heavy atom. The molecule has 0 spiro atoms. The average Bonchev–Trinajstić information content (AvgIpc) is 2.33. The molecule has 2 aromatic carbocycles. The Bertz CT molecular complexity index is 641. The summed E-state index contributed by atoms with van der Waals surface area (Å²) in [6, 6.07) is 10.1. The normalized spacial score (nSPS) is 10.3. The maximum Gasteiger partial charge on any atom is 0.257 e. The highest BCUT2D eigenvalue weighted by molar-refractivity contribution is 6.36. The molecule has 0 aliphatic heterocycles. The Morgan fingerprint density at radius 2 is 1.89 bits per heavy atom. The zero-order chi connectivity index (χ0) is 14.0. The summed E-state index contributed by atoms with van der Waals surface area (Å²) in [5, 5.41) is 3.61. The molecule has 2 aromatic rings. The van der Waals surface area contributed by atoms with Gasteiger partial charge >= 0.3 is 0 Å². The average molecular weight is 295 g/mol. The van der Waals surface area contributed by atoms with Crippen LogP contribution in [0.25, 0.3) is 0 Å². The van der Waals surface area contributed by atoms with E-state index in [0.717, 1.165) is 5.56 Å². The van der Waals surface area contributed by atoms with Crippen LogP contribution in [-0.4, -0.2) is 5.91 Å². The molecule has 0 aliphatic rings. The van der Waals surface area contributed by atoms with Gasteiger partial charge in [-0.2, -0.15) is 0 Å². The van der Waals surface area contributed by atoms with Crippen molar-refractivity contribution < 1.29 is 4.79 Å². The number of anilines is 2. The lowest BCUT2D eigenvalue weighted by molar-refractivity contribution is 0.102. The van der Waals surface area contributed by atoms with E-state index in [1.165, 1.54) is 0 Å². The molecule has 0 heterocycles. The molecule has 0 aromatic heterocycles. The first-order valence-electron chi connectivity index (χ1n) is 5.60. The number of nitrogens with one attached hydrogen (secondary N) is 1. The fraction of sp³-hybridized carbons (Fsp3) is 0.0714. The molecule has 0 aliphatic carbocycles. The quantitative estimate of drug-likeness (QED) is 0.818. The first-order chi connectivity index (χ1) is 8.97. The Hall–Kier alpha value is -1.71. The van der Waals surface area contributed by atoms with Crippen molar-refractivity contribution >= 4 is 40.5 Å². The summed E-state index contributed by atoms with van der Waals surface area (Å²) in [6.45, 7) is 1.91. The number of carbonyl (C=O) groups excluding carboxylic acids is 1. The fourth-order valence-electron chi connectivity index (χ4n) is 1.67.